The van der Waals surface area contributed by atoms with Crippen molar-refractivity contribution < 1.29 is 4.79 Å². The molecule has 126 valence electrons. The van der Waals surface area contributed by atoms with Gasteiger partial charge in [-0.3, -0.25) is 4.79 Å². The van der Waals surface area contributed by atoms with E-state index in [0.717, 1.165) is 22.7 Å². The Balaban J connectivity index is 2.02. The lowest BCUT2D eigenvalue weighted by molar-refractivity contribution is -0.114. The van der Waals surface area contributed by atoms with Crippen molar-refractivity contribution in [2.45, 2.75) is 6.92 Å². The lowest BCUT2D eigenvalue weighted by Gasteiger charge is -2.25. The van der Waals surface area contributed by atoms with Crippen LogP contribution in [0.25, 0.3) is 0 Å². The Morgan fingerprint density at radius 3 is 1.44 bits per heavy atom. The molecule has 0 heterocycles. The molecule has 3 aromatic rings. The summed E-state index contributed by atoms with van der Waals surface area (Å²) >= 11 is 0. The molecule has 3 rings (SSSR count). The fourth-order valence-electron chi connectivity index (χ4n) is 2.59. The van der Waals surface area contributed by atoms with Crippen LogP contribution in [0.3, 0.4) is 0 Å². The summed E-state index contributed by atoms with van der Waals surface area (Å²) in [7, 11) is 0. The highest BCUT2D eigenvalue weighted by molar-refractivity contribution is 5.89. The van der Waals surface area contributed by atoms with Gasteiger partial charge in [0.05, 0.1) is 0 Å². The van der Waals surface area contributed by atoms with E-state index in [-0.39, 0.29) is 5.91 Å². The molecule has 0 bridgehead atoms. The first-order valence-corrected chi connectivity index (χ1v) is 7.92. The average Bonchev–Trinajstić information content (AvgIpc) is 2.59. The van der Waals surface area contributed by atoms with E-state index in [4.69, 9.17) is 11.5 Å². The van der Waals surface area contributed by atoms with E-state index in [1.165, 1.54) is 6.92 Å². The van der Waals surface area contributed by atoms with Crippen molar-refractivity contribution in [2.75, 3.05) is 21.7 Å². The summed E-state index contributed by atoms with van der Waals surface area (Å²) in [6.45, 7) is 1.49. The van der Waals surface area contributed by atoms with Gasteiger partial charge >= 0.3 is 0 Å². The zero-order valence-electron chi connectivity index (χ0n) is 13.9. The van der Waals surface area contributed by atoms with Gasteiger partial charge in [-0.15, -0.1) is 0 Å². The minimum Gasteiger partial charge on any atom is -0.399 e. The average molecular weight is 332 g/mol. The lowest BCUT2D eigenvalue weighted by atomic mass is 10.1. The SMILES string of the molecule is CC(=O)Nc1ccc(N(c2ccc(N)cc2)c2ccc(N)cc2)cc1. The Labute approximate surface area is 146 Å². The second-order valence-electron chi connectivity index (χ2n) is 5.75. The second kappa shape index (κ2) is 6.97. The number of anilines is 6. The van der Waals surface area contributed by atoms with E-state index < -0.39 is 0 Å². The minimum absolute atomic E-state index is 0.0957. The molecule has 5 nitrogen and oxygen atoms in total. The Kier molecular flexibility index (Phi) is 4.57. The quantitative estimate of drug-likeness (QED) is 0.623. The summed E-state index contributed by atoms with van der Waals surface area (Å²) in [6, 6.07) is 23.0. The van der Waals surface area contributed by atoms with E-state index in [9.17, 15) is 4.79 Å². The molecule has 0 aliphatic rings. The molecule has 0 aliphatic carbocycles. The molecule has 0 radical (unpaired) electrons. The Bertz CT molecular complexity index is 810. The fourth-order valence-corrected chi connectivity index (χ4v) is 2.59. The van der Waals surface area contributed by atoms with Gasteiger partial charge in [0.15, 0.2) is 0 Å². The summed E-state index contributed by atoms with van der Waals surface area (Å²) in [6.07, 6.45) is 0. The molecule has 0 atom stereocenters. The lowest BCUT2D eigenvalue weighted by Crippen LogP contribution is -2.10. The van der Waals surface area contributed by atoms with Gasteiger partial charge < -0.3 is 21.7 Å². The maximum atomic E-state index is 11.2. The molecule has 0 aromatic heterocycles. The number of amides is 1. The van der Waals surface area contributed by atoms with Gasteiger partial charge in [0.1, 0.15) is 0 Å². The predicted octanol–water partition coefficient (Wildman–Crippen LogP) is 4.28. The third kappa shape index (κ3) is 3.90. The summed E-state index contributed by atoms with van der Waals surface area (Å²) in [5.41, 5.74) is 16.7. The van der Waals surface area contributed by atoms with Crippen LogP contribution < -0.4 is 21.7 Å². The van der Waals surface area contributed by atoms with Crippen LogP contribution in [0.2, 0.25) is 0 Å². The van der Waals surface area contributed by atoms with Crippen LogP contribution in [0.4, 0.5) is 34.1 Å². The maximum Gasteiger partial charge on any atom is 0.221 e. The van der Waals surface area contributed by atoms with Crippen molar-refractivity contribution in [3.63, 3.8) is 0 Å². The number of rotatable bonds is 4. The van der Waals surface area contributed by atoms with Crippen LogP contribution in [0.15, 0.2) is 72.8 Å². The Morgan fingerprint density at radius 1 is 0.720 bits per heavy atom. The van der Waals surface area contributed by atoms with Crippen molar-refractivity contribution in [1.29, 1.82) is 0 Å². The number of hydrogen-bond donors (Lipinski definition) is 3. The number of nitrogens with one attached hydrogen (secondary N) is 1. The van der Waals surface area contributed by atoms with E-state index in [0.29, 0.717) is 11.4 Å². The number of nitrogens with zero attached hydrogens (tertiary/aromatic N) is 1. The second-order valence-corrected chi connectivity index (χ2v) is 5.75. The van der Waals surface area contributed by atoms with Crippen molar-refractivity contribution in [2.24, 2.45) is 0 Å². The molecule has 0 saturated carbocycles. The number of nitrogens with two attached hydrogens (primary N) is 2. The first-order chi connectivity index (χ1) is 12.0. The molecule has 0 unspecified atom stereocenters. The number of carbonyl (C=O) groups excluding carboxylic acids is 1. The van der Waals surface area contributed by atoms with Crippen LogP contribution in [0.1, 0.15) is 6.92 Å². The molecule has 0 spiro atoms. The molecular formula is C20H20N4O. The standard InChI is InChI=1S/C20H20N4O/c1-14(25)23-17-6-12-20(13-7-17)24(18-8-2-15(21)3-9-18)19-10-4-16(22)5-11-19/h2-13H,21-22H2,1H3,(H,23,25). The molecule has 0 saturated heterocycles. The van der Waals surface area contributed by atoms with Gasteiger partial charge in [-0.05, 0) is 72.8 Å². The minimum atomic E-state index is -0.0957. The Hall–Kier alpha value is -3.47. The zero-order chi connectivity index (χ0) is 17.8. The van der Waals surface area contributed by atoms with Crippen LogP contribution in [0, 0.1) is 0 Å². The van der Waals surface area contributed by atoms with E-state index in [1.807, 2.05) is 72.8 Å². The highest BCUT2D eigenvalue weighted by Crippen LogP contribution is 2.35. The van der Waals surface area contributed by atoms with Gasteiger partial charge in [0.25, 0.3) is 0 Å². The first-order valence-electron chi connectivity index (χ1n) is 7.92. The van der Waals surface area contributed by atoms with Gasteiger partial charge in [-0.25, -0.2) is 0 Å². The van der Waals surface area contributed by atoms with E-state index >= 15 is 0 Å². The van der Waals surface area contributed by atoms with Gasteiger partial charge in [0, 0.05) is 41.0 Å². The predicted molar refractivity (Wildman–Crippen MR) is 104 cm³/mol. The van der Waals surface area contributed by atoms with Gasteiger partial charge in [0.2, 0.25) is 5.91 Å². The smallest absolute Gasteiger partial charge is 0.221 e. The monoisotopic (exact) mass is 332 g/mol. The number of hydrogen-bond acceptors (Lipinski definition) is 4. The topological polar surface area (TPSA) is 84.4 Å². The summed E-state index contributed by atoms with van der Waals surface area (Å²) in [5, 5.41) is 2.77. The van der Waals surface area contributed by atoms with Gasteiger partial charge in [-0.1, -0.05) is 0 Å². The van der Waals surface area contributed by atoms with E-state index in [2.05, 4.69) is 10.2 Å². The largest absolute Gasteiger partial charge is 0.399 e. The third-order valence-corrected chi connectivity index (χ3v) is 3.75. The fraction of sp³-hybridized carbons (Fsp3) is 0.0500. The van der Waals surface area contributed by atoms with Crippen LogP contribution in [0.5, 0.6) is 0 Å². The zero-order valence-corrected chi connectivity index (χ0v) is 13.9. The summed E-state index contributed by atoms with van der Waals surface area (Å²) in [5.74, 6) is -0.0957. The molecule has 1 amide bonds. The maximum absolute atomic E-state index is 11.2. The van der Waals surface area contributed by atoms with Crippen molar-refractivity contribution in [3.05, 3.63) is 72.8 Å². The number of nitrogen functional groups attached to an aromatic ring is 2. The van der Waals surface area contributed by atoms with Crippen molar-refractivity contribution in [3.8, 4) is 0 Å². The molecular weight excluding hydrogens is 312 g/mol. The normalized spacial score (nSPS) is 10.3. The van der Waals surface area contributed by atoms with E-state index in [1.54, 1.807) is 0 Å². The number of benzene rings is 3. The highest BCUT2D eigenvalue weighted by Gasteiger charge is 2.12. The van der Waals surface area contributed by atoms with Crippen molar-refractivity contribution >= 4 is 40.0 Å². The van der Waals surface area contributed by atoms with Crippen molar-refractivity contribution in [1.82, 2.24) is 0 Å². The molecule has 3 aromatic carbocycles. The Morgan fingerprint density at radius 2 is 1.08 bits per heavy atom. The molecule has 0 fully saturated rings. The third-order valence-electron chi connectivity index (χ3n) is 3.75. The molecule has 25 heavy (non-hydrogen) atoms. The summed E-state index contributed by atoms with van der Waals surface area (Å²) in [4.78, 5) is 13.3. The summed E-state index contributed by atoms with van der Waals surface area (Å²) < 4.78 is 0. The van der Waals surface area contributed by atoms with Crippen LogP contribution in [-0.2, 0) is 4.79 Å². The molecule has 5 heteroatoms. The van der Waals surface area contributed by atoms with Crippen LogP contribution >= 0.6 is 0 Å². The highest BCUT2D eigenvalue weighted by atomic mass is 16.1. The molecule has 0 aliphatic heterocycles. The van der Waals surface area contributed by atoms with Crippen LogP contribution in [-0.4, -0.2) is 5.91 Å². The molecule has 5 N–H and O–H groups in total. The number of carbonyl (C=O) groups is 1. The van der Waals surface area contributed by atoms with Gasteiger partial charge in [-0.2, -0.15) is 0 Å². The first kappa shape index (κ1) is 16.4.